The van der Waals surface area contributed by atoms with Gasteiger partial charge in [0, 0.05) is 25.3 Å². The van der Waals surface area contributed by atoms with Crippen LogP contribution in [-0.2, 0) is 0 Å². The third-order valence-corrected chi connectivity index (χ3v) is 3.81. The van der Waals surface area contributed by atoms with E-state index in [1.807, 2.05) is 42.5 Å². The van der Waals surface area contributed by atoms with E-state index < -0.39 is 0 Å². The van der Waals surface area contributed by atoms with E-state index in [9.17, 15) is 0 Å². The number of nitrogens with one attached hydrogen (secondary N) is 2. The van der Waals surface area contributed by atoms with Crippen molar-refractivity contribution in [1.82, 2.24) is 5.32 Å². The number of guanidine groups is 1. The van der Waals surface area contributed by atoms with E-state index in [1.165, 1.54) is 0 Å². The lowest BCUT2D eigenvalue weighted by Gasteiger charge is -2.14. The fourth-order valence-electron chi connectivity index (χ4n) is 2.37. The average Bonchev–Trinajstić information content (AvgIpc) is 2.72. The number of methoxy groups -OCH3 is 3. The normalized spacial score (nSPS) is 10.5. The van der Waals surface area contributed by atoms with Crippen molar-refractivity contribution in [1.29, 1.82) is 0 Å². The van der Waals surface area contributed by atoms with E-state index in [4.69, 9.17) is 18.9 Å². The van der Waals surface area contributed by atoms with Crippen molar-refractivity contribution in [2.45, 2.75) is 6.42 Å². The predicted octanol–water partition coefficient (Wildman–Crippen LogP) is 3.79. The van der Waals surface area contributed by atoms with Crippen LogP contribution in [0.4, 0.5) is 5.69 Å². The van der Waals surface area contributed by atoms with Gasteiger partial charge in [0.15, 0.2) is 17.5 Å². The summed E-state index contributed by atoms with van der Waals surface area (Å²) in [5, 5.41) is 6.48. The van der Waals surface area contributed by atoms with E-state index in [1.54, 1.807) is 28.4 Å². The molecule has 7 nitrogen and oxygen atoms in total. The molecule has 154 valence electrons. The van der Waals surface area contributed by atoms with Crippen LogP contribution in [0.3, 0.4) is 0 Å². The van der Waals surface area contributed by atoms with E-state index in [0.717, 1.165) is 30.2 Å². The van der Waals surface area contributed by atoms with Crippen molar-refractivity contribution in [3.05, 3.63) is 42.5 Å². The second-order valence-corrected chi connectivity index (χ2v) is 5.57. The second-order valence-electron chi connectivity index (χ2n) is 5.57. The van der Waals surface area contributed by atoms with Gasteiger partial charge in [-0.2, -0.15) is 0 Å². The quantitative estimate of drug-likeness (QED) is 0.236. The van der Waals surface area contributed by atoms with Gasteiger partial charge >= 0.3 is 0 Å². The molecule has 0 saturated carbocycles. The summed E-state index contributed by atoms with van der Waals surface area (Å²) in [7, 11) is 6.59. The maximum Gasteiger partial charge on any atom is 0.195 e. The van der Waals surface area contributed by atoms with Crippen LogP contribution in [0.1, 0.15) is 6.42 Å². The Morgan fingerprint density at radius 1 is 0.893 bits per heavy atom. The highest BCUT2D eigenvalue weighted by Crippen LogP contribution is 2.29. The molecule has 28 heavy (non-hydrogen) atoms. The van der Waals surface area contributed by atoms with Gasteiger partial charge in [-0.05, 0) is 42.8 Å². The third-order valence-electron chi connectivity index (χ3n) is 3.81. The molecule has 0 fully saturated rings. The Hall–Kier alpha value is -2.36. The number of hydrogen-bond acceptors (Lipinski definition) is 5. The van der Waals surface area contributed by atoms with Crippen LogP contribution >= 0.6 is 24.0 Å². The first-order chi connectivity index (χ1) is 13.2. The van der Waals surface area contributed by atoms with Crippen LogP contribution in [0, 0.1) is 0 Å². The van der Waals surface area contributed by atoms with Crippen molar-refractivity contribution in [2.75, 3.05) is 46.8 Å². The van der Waals surface area contributed by atoms with E-state index in [-0.39, 0.29) is 24.0 Å². The SMILES string of the molecule is CN=C(NCCCOc1ccc(OC)cc1)Nc1ccc(OC)c(OC)c1.I. The molecule has 0 spiro atoms. The Morgan fingerprint density at radius 2 is 1.57 bits per heavy atom. The van der Waals surface area contributed by atoms with Crippen molar-refractivity contribution in [2.24, 2.45) is 4.99 Å². The van der Waals surface area contributed by atoms with Gasteiger partial charge in [-0.25, -0.2) is 0 Å². The Morgan fingerprint density at radius 3 is 2.18 bits per heavy atom. The minimum absolute atomic E-state index is 0. The van der Waals surface area contributed by atoms with Gasteiger partial charge in [0.25, 0.3) is 0 Å². The molecular formula is C20H28IN3O4. The number of rotatable bonds is 9. The van der Waals surface area contributed by atoms with Crippen LogP contribution in [0.25, 0.3) is 0 Å². The van der Waals surface area contributed by atoms with Crippen LogP contribution < -0.4 is 29.6 Å². The standard InChI is InChI=1S/C20H27N3O4.HI/c1-21-20(23-15-6-11-18(25-3)19(14-15)26-4)22-12-5-13-27-17-9-7-16(24-2)8-10-17;/h6-11,14H,5,12-13H2,1-4H3,(H2,21,22,23);1H. The summed E-state index contributed by atoms with van der Waals surface area (Å²) in [4.78, 5) is 4.22. The predicted molar refractivity (Wildman–Crippen MR) is 123 cm³/mol. The molecule has 0 saturated heterocycles. The smallest absolute Gasteiger partial charge is 0.195 e. The Balaban J connectivity index is 0.00000392. The van der Waals surface area contributed by atoms with E-state index >= 15 is 0 Å². The molecule has 0 radical (unpaired) electrons. The zero-order chi connectivity index (χ0) is 19.5. The van der Waals surface area contributed by atoms with Gasteiger partial charge in [0.2, 0.25) is 0 Å². The lowest BCUT2D eigenvalue weighted by molar-refractivity contribution is 0.310. The molecule has 2 rings (SSSR count). The molecule has 0 bridgehead atoms. The number of nitrogens with zero attached hydrogens (tertiary/aromatic N) is 1. The monoisotopic (exact) mass is 501 g/mol. The fraction of sp³-hybridized carbons (Fsp3) is 0.350. The number of aliphatic imine (C=N–C) groups is 1. The van der Waals surface area contributed by atoms with Crippen molar-refractivity contribution in [3.8, 4) is 23.0 Å². The maximum atomic E-state index is 5.71. The molecule has 2 N–H and O–H groups in total. The van der Waals surface area contributed by atoms with Crippen LogP contribution in [0.5, 0.6) is 23.0 Å². The molecule has 0 aliphatic rings. The van der Waals surface area contributed by atoms with E-state index in [0.29, 0.717) is 24.1 Å². The zero-order valence-corrected chi connectivity index (χ0v) is 19.0. The van der Waals surface area contributed by atoms with Crippen molar-refractivity contribution >= 4 is 35.6 Å². The summed E-state index contributed by atoms with van der Waals surface area (Å²) < 4.78 is 21.4. The van der Waals surface area contributed by atoms with Crippen molar-refractivity contribution < 1.29 is 18.9 Å². The number of anilines is 1. The third kappa shape index (κ3) is 7.34. The summed E-state index contributed by atoms with van der Waals surface area (Å²) >= 11 is 0. The molecule has 8 heteroatoms. The first kappa shape index (κ1) is 23.7. The van der Waals surface area contributed by atoms with Gasteiger partial charge < -0.3 is 29.6 Å². The minimum Gasteiger partial charge on any atom is -0.497 e. The zero-order valence-electron chi connectivity index (χ0n) is 16.7. The largest absolute Gasteiger partial charge is 0.497 e. The molecule has 0 aliphatic carbocycles. The first-order valence-corrected chi connectivity index (χ1v) is 8.66. The van der Waals surface area contributed by atoms with Gasteiger partial charge in [-0.1, -0.05) is 0 Å². The lowest BCUT2D eigenvalue weighted by atomic mass is 10.3. The molecule has 0 aromatic heterocycles. The number of benzene rings is 2. The highest BCUT2D eigenvalue weighted by atomic mass is 127. The number of hydrogen-bond donors (Lipinski definition) is 2. The Kier molecular flexibility index (Phi) is 10.9. The summed E-state index contributed by atoms with van der Waals surface area (Å²) in [5.74, 6) is 3.65. The fourth-order valence-corrected chi connectivity index (χ4v) is 2.37. The first-order valence-electron chi connectivity index (χ1n) is 8.66. The number of ether oxygens (including phenoxy) is 4. The summed E-state index contributed by atoms with van der Waals surface area (Å²) in [6.45, 7) is 1.33. The summed E-state index contributed by atoms with van der Waals surface area (Å²) in [5.41, 5.74) is 0.857. The highest BCUT2D eigenvalue weighted by molar-refractivity contribution is 14.0. The summed E-state index contributed by atoms with van der Waals surface area (Å²) in [6, 6.07) is 13.1. The molecule has 0 atom stereocenters. The minimum atomic E-state index is 0. The van der Waals surface area contributed by atoms with Crippen LogP contribution in [0.15, 0.2) is 47.5 Å². The number of halogens is 1. The average molecular weight is 501 g/mol. The van der Waals surface area contributed by atoms with Crippen molar-refractivity contribution in [3.63, 3.8) is 0 Å². The lowest BCUT2D eigenvalue weighted by Crippen LogP contribution is -2.32. The van der Waals surface area contributed by atoms with E-state index in [2.05, 4.69) is 15.6 Å². The molecule has 0 aliphatic heterocycles. The van der Waals surface area contributed by atoms with Gasteiger partial charge in [-0.3, -0.25) is 4.99 Å². The van der Waals surface area contributed by atoms with Crippen LogP contribution in [0.2, 0.25) is 0 Å². The van der Waals surface area contributed by atoms with Crippen LogP contribution in [-0.4, -0.2) is 47.5 Å². The molecule has 0 heterocycles. The molecular weight excluding hydrogens is 473 g/mol. The van der Waals surface area contributed by atoms with Gasteiger partial charge in [0.05, 0.1) is 27.9 Å². The summed E-state index contributed by atoms with van der Waals surface area (Å²) in [6.07, 6.45) is 0.832. The second kappa shape index (κ2) is 12.9. The molecule has 0 unspecified atom stereocenters. The highest BCUT2D eigenvalue weighted by Gasteiger charge is 2.06. The van der Waals surface area contributed by atoms with Gasteiger partial charge in [-0.15, -0.1) is 24.0 Å². The Bertz CT molecular complexity index is 739. The molecule has 0 amide bonds. The molecule has 2 aromatic rings. The topological polar surface area (TPSA) is 73.3 Å². The maximum absolute atomic E-state index is 5.71. The molecule has 2 aromatic carbocycles. The van der Waals surface area contributed by atoms with Gasteiger partial charge in [0.1, 0.15) is 11.5 Å². The Labute approximate surface area is 183 Å².